The molecule has 3 unspecified atom stereocenters. The first-order valence-electron chi connectivity index (χ1n) is 16.8. The predicted molar refractivity (Wildman–Crippen MR) is 164 cm³/mol. The van der Waals surface area contributed by atoms with Gasteiger partial charge in [0.2, 0.25) is 0 Å². The summed E-state index contributed by atoms with van der Waals surface area (Å²) >= 11 is 0. The van der Waals surface area contributed by atoms with Crippen LogP contribution >= 0.6 is 0 Å². The van der Waals surface area contributed by atoms with Crippen LogP contribution in [0.2, 0.25) is 0 Å². The van der Waals surface area contributed by atoms with Gasteiger partial charge < -0.3 is 43.0 Å². The fourth-order valence-electron chi connectivity index (χ4n) is 12.5. The summed E-state index contributed by atoms with van der Waals surface area (Å²) in [6, 6.07) is 8.02. The van der Waals surface area contributed by atoms with E-state index in [1.165, 1.54) is 21.0 Å². The van der Waals surface area contributed by atoms with Crippen molar-refractivity contribution in [2.75, 3.05) is 41.5 Å². The van der Waals surface area contributed by atoms with Crippen LogP contribution in [0.5, 0.6) is 0 Å². The molecule has 5 aliphatic carbocycles. The lowest BCUT2D eigenvalue weighted by Crippen LogP contribution is -2.82. The van der Waals surface area contributed by atoms with Crippen molar-refractivity contribution in [1.29, 1.82) is 0 Å². The van der Waals surface area contributed by atoms with Gasteiger partial charge in [-0.25, -0.2) is 4.79 Å². The molecule has 1 saturated heterocycles. The van der Waals surface area contributed by atoms with Gasteiger partial charge in [-0.2, -0.15) is 0 Å². The van der Waals surface area contributed by atoms with Gasteiger partial charge in [0.25, 0.3) is 0 Å². The maximum absolute atomic E-state index is 15.5. The molecular formula is C35H47NO11. The molecule has 1 aromatic rings. The second kappa shape index (κ2) is 10.9. The number of hydroxylamine groups is 3. The lowest BCUT2D eigenvalue weighted by Gasteiger charge is -2.72. The van der Waals surface area contributed by atoms with E-state index in [2.05, 4.69) is 0 Å². The molecule has 6 aliphatic rings. The second-order valence-electron chi connectivity index (χ2n) is 14.7. The number of piperidine rings is 1. The zero-order valence-corrected chi connectivity index (χ0v) is 28.3. The summed E-state index contributed by atoms with van der Waals surface area (Å²) in [6.45, 7) is 5.08. The molecule has 1 aromatic carbocycles. The Kier molecular flexibility index (Phi) is 7.67. The number of hydrogen-bond donors (Lipinski definition) is 0. The third-order valence-electron chi connectivity index (χ3n) is 13.4. The Morgan fingerprint density at radius 1 is 0.894 bits per heavy atom. The highest BCUT2D eigenvalue weighted by Gasteiger charge is 2.93. The molecule has 0 radical (unpaired) electrons. The molecule has 1 spiro atoms. The topological polar surface area (TPSA) is 139 Å². The minimum absolute atomic E-state index is 0.127. The maximum Gasteiger partial charge on any atom is 0.338 e. The monoisotopic (exact) mass is 657 g/mol. The van der Waals surface area contributed by atoms with Gasteiger partial charge in [0, 0.05) is 60.5 Å². The van der Waals surface area contributed by atoms with E-state index < -0.39 is 86.9 Å². The summed E-state index contributed by atoms with van der Waals surface area (Å²) < 4.78 is 44.4. The molecule has 1 aliphatic heterocycles. The van der Waals surface area contributed by atoms with E-state index in [0.29, 0.717) is 18.4 Å². The van der Waals surface area contributed by atoms with Gasteiger partial charge in [-0.05, 0) is 44.2 Å². The molecule has 14 atom stereocenters. The van der Waals surface area contributed by atoms with Gasteiger partial charge >= 0.3 is 17.9 Å². The minimum Gasteiger partial charge on any atom is -0.632 e. The Hall–Kier alpha value is -2.61. The lowest BCUT2D eigenvalue weighted by atomic mass is 9.45. The largest absolute Gasteiger partial charge is 0.632 e. The van der Waals surface area contributed by atoms with Crippen molar-refractivity contribution >= 4 is 17.9 Å². The van der Waals surface area contributed by atoms with Crippen LogP contribution in [0.3, 0.4) is 0 Å². The van der Waals surface area contributed by atoms with Crippen molar-refractivity contribution in [2.24, 2.45) is 29.1 Å². The van der Waals surface area contributed by atoms with Crippen LogP contribution in [-0.2, 0) is 42.7 Å². The van der Waals surface area contributed by atoms with E-state index in [9.17, 15) is 14.4 Å². The van der Waals surface area contributed by atoms with Crippen molar-refractivity contribution in [1.82, 2.24) is 0 Å². The zero-order valence-electron chi connectivity index (χ0n) is 28.3. The average Bonchev–Trinajstić information content (AvgIpc) is 3.46. The van der Waals surface area contributed by atoms with Crippen molar-refractivity contribution in [3.8, 4) is 0 Å². The Bertz CT molecular complexity index is 1440. The van der Waals surface area contributed by atoms with Gasteiger partial charge in [0.1, 0.15) is 29.9 Å². The molecule has 5 saturated carbocycles. The number of quaternary nitrogens is 1. The number of carbonyl (C=O) groups is 3. The zero-order chi connectivity index (χ0) is 33.7. The van der Waals surface area contributed by atoms with Crippen LogP contribution in [0.4, 0.5) is 0 Å². The SMILES string of the molecule is CC[N+]1([O-])C[C@]2(OC)CC[C@H](OC)C34C1[C@@H]([C@H](OC)[C@@H]32)[C@@]1(OC(C)=O)C[C@H](OC)[C@@]2(OC(C)=O)C[C@@H]4[C@@H]1[C@H]2OC(=O)c1ccccc1. The third kappa shape index (κ3) is 3.94. The fraction of sp³-hybridized carbons (Fsp3) is 0.743. The van der Waals surface area contributed by atoms with E-state index in [0.717, 1.165) is 0 Å². The van der Waals surface area contributed by atoms with E-state index >= 15 is 5.21 Å². The molecular weight excluding hydrogens is 610 g/mol. The van der Waals surface area contributed by atoms with E-state index in [1.807, 2.05) is 6.92 Å². The number of ether oxygens (including phenoxy) is 7. The number of likely N-dealkylation sites (N-methyl/N-ethyl adjacent to an activating group) is 1. The summed E-state index contributed by atoms with van der Waals surface area (Å²) in [5.41, 5.74) is -4.16. The standard InChI is InChI=1S/C35H47NO11/c1-8-36(40)18-32(44-7)15-14-23(41-4)35-22-16-33(46-19(2)37)24(42-5)17-34(47-20(3)38,26(29(35)36)27(43-6)28(32)35)25(22)30(33)45-31(39)21-12-10-9-11-13-21/h9-13,22-30H,8,14-18H2,1-7H3/t22-,23+,24+,25-,26-,27+,28-,29?,30-,32-,33+,34-,35?,36?/m1/s1. The minimum atomic E-state index is -1.42. The molecule has 0 amide bonds. The number of carbonyl (C=O) groups excluding carboxylic acids is 3. The summed E-state index contributed by atoms with van der Waals surface area (Å²) in [4.78, 5) is 40.3. The van der Waals surface area contributed by atoms with Crippen LogP contribution in [0.25, 0.3) is 0 Å². The Morgan fingerprint density at radius 3 is 2.13 bits per heavy atom. The van der Waals surface area contributed by atoms with Crippen molar-refractivity contribution in [3.05, 3.63) is 41.1 Å². The van der Waals surface area contributed by atoms with Crippen molar-refractivity contribution < 1.29 is 52.2 Å². The lowest BCUT2D eigenvalue weighted by molar-refractivity contribution is -0.932. The van der Waals surface area contributed by atoms with Crippen molar-refractivity contribution in [2.45, 2.75) is 93.7 Å². The summed E-state index contributed by atoms with van der Waals surface area (Å²) in [7, 11) is 6.51. The van der Waals surface area contributed by atoms with E-state index in [1.54, 1.807) is 51.7 Å². The number of fused-ring (bicyclic) bond motifs is 2. The number of benzene rings is 1. The molecule has 0 N–H and O–H groups in total. The summed E-state index contributed by atoms with van der Waals surface area (Å²) in [5.74, 6) is -3.74. The molecule has 0 aromatic heterocycles. The van der Waals surface area contributed by atoms with Crippen LogP contribution < -0.4 is 0 Å². The predicted octanol–water partition coefficient (Wildman–Crippen LogP) is 3.04. The first kappa shape index (κ1) is 32.9. The number of nitrogens with zero attached hydrogens (tertiary/aromatic N) is 1. The maximum atomic E-state index is 15.5. The quantitative estimate of drug-likeness (QED) is 0.168. The van der Waals surface area contributed by atoms with Gasteiger partial charge in [0.05, 0.1) is 35.6 Å². The molecule has 7 bridgehead atoms. The molecule has 258 valence electrons. The molecule has 6 fully saturated rings. The first-order chi connectivity index (χ1) is 22.4. The number of rotatable bonds is 9. The normalized spacial score (nSPS) is 48.5. The van der Waals surface area contributed by atoms with Gasteiger partial charge in [-0.1, -0.05) is 18.2 Å². The second-order valence-corrected chi connectivity index (χ2v) is 14.7. The molecule has 12 nitrogen and oxygen atoms in total. The van der Waals surface area contributed by atoms with Crippen LogP contribution in [0, 0.1) is 34.3 Å². The first-order valence-corrected chi connectivity index (χ1v) is 16.8. The van der Waals surface area contributed by atoms with Gasteiger partial charge in [0.15, 0.2) is 11.7 Å². The molecule has 7 rings (SSSR count). The van der Waals surface area contributed by atoms with Crippen molar-refractivity contribution in [3.63, 3.8) is 0 Å². The van der Waals surface area contributed by atoms with E-state index in [4.69, 9.17) is 33.2 Å². The van der Waals surface area contributed by atoms with E-state index in [-0.39, 0.29) is 38.0 Å². The van der Waals surface area contributed by atoms with Crippen LogP contribution in [-0.4, -0.2) is 111 Å². The third-order valence-corrected chi connectivity index (χ3v) is 13.4. The molecule has 1 heterocycles. The molecule has 47 heavy (non-hydrogen) atoms. The Morgan fingerprint density at radius 2 is 1.55 bits per heavy atom. The average molecular weight is 658 g/mol. The Balaban J connectivity index is 1.55. The van der Waals surface area contributed by atoms with Gasteiger partial charge in [-0.3, -0.25) is 9.59 Å². The smallest absolute Gasteiger partial charge is 0.338 e. The highest BCUT2D eigenvalue weighted by Crippen LogP contribution is 2.81. The van der Waals surface area contributed by atoms with Crippen LogP contribution in [0.1, 0.15) is 56.8 Å². The number of methoxy groups -OCH3 is 4. The summed E-state index contributed by atoms with van der Waals surface area (Å²) in [6.07, 6.45) is -1.26. The molecule has 12 heteroatoms. The van der Waals surface area contributed by atoms with Gasteiger partial charge in [-0.15, -0.1) is 0 Å². The number of hydrogen-bond acceptors (Lipinski definition) is 11. The number of likely N-dealkylation sites (tertiary alicyclic amines) is 1. The number of esters is 3. The fourth-order valence-corrected chi connectivity index (χ4v) is 12.5. The van der Waals surface area contributed by atoms with Crippen LogP contribution in [0.15, 0.2) is 30.3 Å². The highest BCUT2D eigenvalue weighted by molar-refractivity contribution is 5.89. The summed E-state index contributed by atoms with van der Waals surface area (Å²) in [5, 5.41) is 15.5. The highest BCUT2D eigenvalue weighted by atomic mass is 16.6. The Labute approximate surface area is 275 Å².